The fourth-order valence-electron chi connectivity index (χ4n) is 5.28. The minimum Gasteiger partial charge on any atom is -0.444 e. The van der Waals surface area contributed by atoms with Crippen LogP contribution in [0.4, 0.5) is 4.79 Å². The highest BCUT2D eigenvalue weighted by molar-refractivity contribution is 6.99. The Morgan fingerprint density at radius 3 is 1.92 bits per heavy atom. The molecule has 0 spiro atoms. The number of amides is 1. The number of hydrogen-bond acceptors (Lipinski definition) is 4. The summed E-state index contributed by atoms with van der Waals surface area (Å²) in [4.78, 5) is 15.0. The lowest BCUT2D eigenvalue weighted by molar-refractivity contribution is -0.0853. The van der Waals surface area contributed by atoms with Gasteiger partial charge in [-0.05, 0) is 56.5 Å². The Hall–Kier alpha value is -2.41. The molecular formula is C30H43NO4Si. The minimum atomic E-state index is -2.74. The average Bonchev–Trinajstić information content (AvgIpc) is 3.03. The Morgan fingerprint density at radius 2 is 1.50 bits per heavy atom. The van der Waals surface area contributed by atoms with Gasteiger partial charge in [0.25, 0.3) is 8.32 Å². The lowest BCUT2D eigenvalue weighted by Crippen LogP contribution is -2.67. The van der Waals surface area contributed by atoms with Gasteiger partial charge in [-0.25, -0.2) is 4.79 Å². The largest absolute Gasteiger partial charge is 0.444 e. The molecule has 1 saturated heterocycles. The molecule has 36 heavy (non-hydrogen) atoms. The summed E-state index contributed by atoms with van der Waals surface area (Å²) in [5.41, 5.74) is -1.44. The highest BCUT2D eigenvalue weighted by Crippen LogP contribution is 2.39. The van der Waals surface area contributed by atoms with E-state index in [0.717, 1.165) is 0 Å². The Balaban J connectivity index is 2.02. The molecule has 0 radical (unpaired) electrons. The maximum Gasteiger partial charge on any atom is 0.412 e. The summed E-state index contributed by atoms with van der Waals surface area (Å²) in [5, 5.41) is 2.28. The van der Waals surface area contributed by atoms with Gasteiger partial charge in [0.2, 0.25) is 0 Å². The Bertz CT molecular complexity index is 985. The number of ether oxygens (including phenoxy) is 2. The second-order valence-corrected chi connectivity index (χ2v) is 16.3. The number of hydrogen-bond donors (Lipinski definition) is 0. The van der Waals surface area contributed by atoms with Gasteiger partial charge < -0.3 is 13.9 Å². The molecule has 6 heteroatoms. The standard InChI is InChI=1S/C30H43NO4Si/c1-10-17-25-26(34-30(8,9)31(25)27(32)35-28(2,3)4)22-33-36(29(5,6)7,23-18-13-11-14-19-23)24-20-15-12-16-21-24/h10-16,18-21,25-26H,1,17,22H2,2-9H3/t25-,26+/m1/s1. The first kappa shape index (κ1) is 28.2. The van der Waals surface area contributed by atoms with E-state index in [-0.39, 0.29) is 23.3 Å². The molecule has 1 amide bonds. The molecular weight excluding hydrogens is 466 g/mol. The lowest BCUT2D eigenvalue weighted by atomic mass is 10.1. The molecule has 196 valence electrons. The van der Waals surface area contributed by atoms with E-state index in [1.165, 1.54) is 10.4 Å². The maximum absolute atomic E-state index is 13.3. The number of carbonyl (C=O) groups excluding carboxylic acids is 1. The van der Waals surface area contributed by atoms with Gasteiger partial charge in [0.1, 0.15) is 17.4 Å². The Morgan fingerprint density at radius 1 is 1.00 bits per heavy atom. The van der Waals surface area contributed by atoms with Crippen LogP contribution in [0, 0.1) is 0 Å². The van der Waals surface area contributed by atoms with Crippen LogP contribution in [0.5, 0.6) is 0 Å². The summed E-state index contributed by atoms with van der Waals surface area (Å²) < 4.78 is 19.4. The molecule has 1 heterocycles. The van der Waals surface area contributed by atoms with Gasteiger partial charge in [0, 0.05) is 0 Å². The SMILES string of the molecule is C=CC[C@@H]1[C@H](CO[Si](c2ccccc2)(c2ccccc2)C(C)(C)C)OC(C)(C)N1C(=O)OC(C)(C)C. The summed E-state index contributed by atoms with van der Waals surface area (Å²) >= 11 is 0. The van der Waals surface area contributed by atoms with Crippen molar-refractivity contribution in [2.24, 2.45) is 0 Å². The molecule has 1 fully saturated rings. The maximum atomic E-state index is 13.3. The van der Waals surface area contributed by atoms with E-state index < -0.39 is 19.6 Å². The van der Waals surface area contributed by atoms with Crippen LogP contribution in [0.3, 0.4) is 0 Å². The molecule has 0 aliphatic carbocycles. The topological polar surface area (TPSA) is 48.0 Å². The van der Waals surface area contributed by atoms with Crippen molar-refractivity contribution in [2.45, 2.75) is 90.3 Å². The number of nitrogens with zero attached hydrogens (tertiary/aromatic N) is 1. The molecule has 5 nitrogen and oxygen atoms in total. The smallest absolute Gasteiger partial charge is 0.412 e. The fraction of sp³-hybridized carbons (Fsp3) is 0.500. The summed E-state index contributed by atoms with van der Waals surface area (Å²) in [6.45, 7) is 20.5. The predicted molar refractivity (Wildman–Crippen MR) is 149 cm³/mol. The van der Waals surface area contributed by atoms with Gasteiger partial charge in [-0.15, -0.1) is 6.58 Å². The zero-order valence-electron chi connectivity index (χ0n) is 23.2. The van der Waals surface area contributed by atoms with E-state index in [9.17, 15) is 4.79 Å². The van der Waals surface area contributed by atoms with Crippen LogP contribution in [0.15, 0.2) is 73.3 Å². The zero-order chi connectivity index (χ0) is 26.8. The number of rotatable bonds is 7. The van der Waals surface area contributed by atoms with Gasteiger partial charge in [-0.3, -0.25) is 4.90 Å². The molecule has 1 aliphatic heterocycles. The van der Waals surface area contributed by atoms with E-state index in [1.807, 2.05) is 52.8 Å². The van der Waals surface area contributed by atoms with Gasteiger partial charge >= 0.3 is 6.09 Å². The lowest BCUT2D eigenvalue weighted by Gasteiger charge is -2.43. The van der Waals surface area contributed by atoms with E-state index in [4.69, 9.17) is 13.9 Å². The molecule has 2 atom stereocenters. The normalized spacial score (nSPS) is 20.3. The van der Waals surface area contributed by atoms with E-state index in [1.54, 1.807) is 4.90 Å². The van der Waals surface area contributed by atoms with Crippen molar-refractivity contribution in [1.29, 1.82) is 0 Å². The minimum absolute atomic E-state index is 0.150. The van der Waals surface area contributed by atoms with Crippen LogP contribution in [0.25, 0.3) is 0 Å². The molecule has 1 aliphatic rings. The van der Waals surface area contributed by atoms with Gasteiger partial charge in [0.05, 0.1) is 12.6 Å². The molecule has 2 aromatic rings. The highest BCUT2D eigenvalue weighted by atomic mass is 28.4. The molecule has 0 aromatic heterocycles. The average molecular weight is 510 g/mol. The number of carbonyl (C=O) groups is 1. The second kappa shape index (κ2) is 10.5. The molecule has 0 saturated carbocycles. The van der Waals surface area contributed by atoms with Crippen LogP contribution >= 0.6 is 0 Å². The monoisotopic (exact) mass is 509 g/mol. The van der Waals surface area contributed by atoms with Gasteiger partial charge in [0.15, 0.2) is 0 Å². The van der Waals surface area contributed by atoms with Crippen LogP contribution in [0.2, 0.25) is 5.04 Å². The first-order chi connectivity index (χ1) is 16.7. The first-order valence-corrected chi connectivity index (χ1v) is 14.7. The van der Waals surface area contributed by atoms with Gasteiger partial charge in [-0.2, -0.15) is 0 Å². The molecule has 2 aromatic carbocycles. The van der Waals surface area contributed by atoms with Crippen molar-refractivity contribution >= 4 is 24.8 Å². The zero-order valence-corrected chi connectivity index (χ0v) is 24.2. The third-order valence-corrected chi connectivity index (χ3v) is 11.7. The summed E-state index contributed by atoms with van der Waals surface area (Å²) in [6, 6.07) is 20.9. The van der Waals surface area contributed by atoms with Crippen molar-refractivity contribution in [3.05, 3.63) is 73.3 Å². The first-order valence-electron chi connectivity index (χ1n) is 12.8. The summed E-state index contributed by atoms with van der Waals surface area (Å²) in [5.74, 6) is 0. The third kappa shape index (κ3) is 5.77. The quantitative estimate of drug-likeness (QED) is 0.345. The van der Waals surface area contributed by atoms with E-state index in [2.05, 4.69) is 75.9 Å². The highest BCUT2D eigenvalue weighted by Gasteiger charge is 2.54. The predicted octanol–water partition coefficient (Wildman–Crippen LogP) is 5.88. The van der Waals surface area contributed by atoms with Crippen molar-refractivity contribution in [3.63, 3.8) is 0 Å². The van der Waals surface area contributed by atoms with Crippen LogP contribution < -0.4 is 10.4 Å². The van der Waals surface area contributed by atoms with Crippen LogP contribution in [0.1, 0.15) is 61.8 Å². The third-order valence-electron chi connectivity index (χ3n) is 6.66. The van der Waals surface area contributed by atoms with E-state index >= 15 is 0 Å². The number of benzene rings is 2. The van der Waals surface area contributed by atoms with Crippen molar-refractivity contribution in [2.75, 3.05) is 6.61 Å². The second-order valence-electron chi connectivity index (χ2n) is 12.0. The summed E-state index contributed by atoms with van der Waals surface area (Å²) in [7, 11) is -2.74. The van der Waals surface area contributed by atoms with Crippen LogP contribution in [-0.4, -0.2) is 49.4 Å². The molecule has 3 rings (SSSR count). The molecule has 0 bridgehead atoms. The van der Waals surface area contributed by atoms with Crippen LogP contribution in [-0.2, 0) is 13.9 Å². The Kier molecular flexibility index (Phi) is 8.23. The molecule has 0 unspecified atom stereocenters. The van der Waals surface area contributed by atoms with Crippen molar-refractivity contribution in [1.82, 2.24) is 4.90 Å². The Labute approximate surface area is 218 Å². The fourth-order valence-corrected chi connectivity index (χ4v) is 9.85. The molecule has 0 N–H and O–H groups in total. The van der Waals surface area contributed by atoms with Gasteiger partial charge in [-0.1, -0.05) is 87.5 Å². The van der Waals surface area contributed by atoms with Crippen molar-refractivity contribution < 1.29 is 18.7 Å². The van der Waals surface area contributed by atoms with E-state index in [0.29, 0.717) is 13.0 Å². The van der Waals surface area contributed by atoms with Crippen molar-refractivity contribution in [3.8, 4) is 0 Å². The summed E-state index contributed by atoms with van der Waals surface area (Å²) in [6.07, 6.45) is 1.71.